The first kappa shape index (κ1) is 13.7. The molecule has 1 aromatic rings. The lowest BCUT2D eigenvalue weighted by molar-refractivity contribution is -0.122. The second-order valence-corrected chi connectivity index (χ2v) is 3.98. The van der Waals surface area contributed by atoms with Gasteiger partial charge in [-0.3, -0.25) is 9.48 Å². The highest BCUT2D eigenvalue weighted by Gasteiger charge is 2.12. The van der Waals surface area contributed by atoms with Crippen LogP contribution >= 0.6 is 0 Å². The van der Waals surface area contributed by atoms with E-state index in [1.54, 1.807) is 18.0 Å². The van der Waals surface area contributed by atoms with Gasteiger partial charge in [0.1, 0.15) is 0 Å². The van der Waals surface area contributed by atoms with Crippen LogP contribution in [0.2, 0.25) is 0 Å². The number of hydrogen-bond donors (Lipinski definition) is 2. The van der Waals surface area contributed by atoms with E-state index in [1.807, 2.05) is 13.2 Å². The summed E-state index contributed by atoms with van der Waals surface area (Å²) in [5.41, 5.74) is 6.70. The summed E-state index contributed by atoms with van der Waals surface area (Å²) in [4.78, 5) is 11.6. The van der Waals surface area contributed by atoms with Crippen LogP contribution in [-0.4, -0.2) is 35.4 Å². The summed E-state index contributed by atoms with van der Waals surface area (Å²) in [5, 5.41) is 6.80. The molecule has 1 aromatic heterocycles. The third-order valence-electron chi connectivity index (χ3n) is 2.43. The Morgan fingerprint density at radius 3 is 3.06 bits per heavy atom. The second kappa shape index (κ2) is 7.03. The first-order valence-corrected chi connectivity index (χ1v) is 5.63. The van der Waals surface area contributed by atoms with E-state index in [-0.39, 0.29) is 5.91 Å². The number of ether oxygens (including phenoxy) is 1. The van der Waals surface area contributed by atoms with Gasteiger partial charge < -0.3 is 15.8 Å². The largest absolute Gasteiger partial charge is 0.385 e. The maximum Gasteiger partial charge on any atom is 0.237 e. The van der Waals surface area contributed by atoms with E-state index in [9.17, 15) is 4.79 Å². The number of carbonyl (C=O) groups is 1. The molecular weight excluding hydrogens is 220 g/mol. The molecule has 1 unspecified atom stereocenters. The fourth-order valence-corrected chi connectivity index (χ4v) is 1.46. The lowest BCUT2D eigenvalue weighted by atomic mass is 10.1. The molecule has 0 aromatic carbocycles. The first-order valence-electron chi connectivity index (χ1n) is 5.63. The molecule has 0 radical (unpaired) electrons. The molecule has 0 aliphatic carbocycles. The van der Waals surface area contributed by atoms with Crippen molar-refractivity contribution in [2.45, 2.75) is 25.4 Å². The Labute approximate surface area is 101 Å². The zero-order valence-corrected chi connectivity index (χ0v) is 10.3. The van der Waals surface area contributed by atoms with Crippen LogP contribution < -0.4 is 11.1 Å². The lowest BCUT2D eigenvalue weighted by Gasteiger charge is -2.11. The Bertz CT molecular complexity index is 351. The van der Waals surface area contributed by atoms with Crippen LogP contribution in [0, 0.1) is 0 Å². The van der Waals surface area contributed by atoms with Gasteiger partial charge in [0.05, 0.1) is 12.2 Å². The summed E-state index contributed by atoms with van der Waals surface area (Å²) in [6, 6.07) is -0.471. The molecule has 0 aliphatic heterocycles. The number of hydrogen-bond acceptors (Lipinski definition) is 4. The normalized spacial score (nSPS) is 12.4. The van der Waals surface area contributed by atoms with Gasteiger partial charge in [0.2, 0.25) is 5.91 Å². The van der Waals surface area contributed by atoms with Gasteiger partial charge in [-0.2, -0.15) is 5.10 Å². The number of rotatable bonds is 7. The molecule has 0 spiro atoms. The summed E-state index contributed by atoms with van der Waals surface area (Å²) < 4.78 is 6.60. The molecule has 0 fully saturated rings. The van der Waals surface area contributed by atoms with Crippen LogP contribution in [0.15, 0.2) is 12.4 Å². The molecule has 0 aliphatic rings. The molecule has 0 bridgehead atoms. The van der Waals surface area contributed by atoms with Gasteiger partial charge in [-0.1, -0.05) is 0 Å². The van der Waals surface area contributed by atoms with Crippen molar-refractivity contribution in [3.05, 3.63) is 18.0 Å². The summed E-state index contributed by atoms with van der Waals surface area (Å²) in [6.45, 7) is 1.09. The summed E-state index contributed by atoms with van der Waals surface area (Å²) >= 11 is 0. The monoisotopic (exact) mass is 240 g/mol. The number of amides is 1. The third-order valence-corrected chi connectivity index (χ3v) is 2.43. The van der Waals surface area contributed by atoms with Crippen molar-refractivity contribution in [2.75, 3.05) is 13.7 Å². The Balaban J connectivity index is 2.24. The predicted octanol–water partition coefficient (Wildman–Crippen LogP) is -0.210. The van der Waals surface area contributed by atoms with E-state index in [1.165, 1.54) is 0 Å². The minimum atomic E-state index is -0.471. The number of aryl methyl sites for hydroxylation is 1. The number of nitrogens with zero attached hydrogens (tertiary/aromatic N) is 2. The van der Waals surface area contributed by atoms with Crippen LogP contribution in [0.5, 0.6) is 0 Å². The highest BCUT2D eigenvalue weighted by Crippen LogP contribution is 1.98. The lowest BCUT2D eigenvalue weighted by Crippen LogP contribution is -2.40. The molecule has 3 N–H and O–H groups in total. The molecule has 1 atom stereocenters. The number of nitrogens with two attached hydrogens (primary N) is 1. The number of aromatic nitrogens is 2. The van der Waals surface area contributed by atoms with Crippen molar-refractivity contribution in [3.8, 4) is 0 Å². The Morgan fingerprint density at radius 1 is 1.71 bits per heavy atom. The van der Waals surface area contributed by atoms with Gasteiger partial charge in [-0.25, -0.2) is 0 Å². The molecular formula is C11H20N4O2. The van der Waals surface area contributed by atoms with Crippen molar-refractivity contribution in [3.63, 3.8) is 0 Å². The Hall–Kier alpha value is -1.40. The van der Waals surface area contributed by atoms with Crippen molar-refractivity contribution >= 4 is 5.91 Å². The Morgan fingerprint density at radius 2 is 2.47 bits per heavy atom. The molecule has 0 saturated heterocycles. The van der Waals surface area contributed by atoms with Crippen LogP contribution in [-0.2, 0) is 23.1 Å². The minimum Gasteiger partial charge on any atom is -0.385 e. The second-order valence-electron chi connectivity index (χ2n) is 3.98. The standard InChI is InChI=1S/C11H20N4O2/c1-15-8-9(7-14-15)6-13-11(16)10(12)4-3-5-17-2/h7-8,10H,3-6,12H2,1-2H3,(H,13,16). The average molecular weight is 240 g/mol. The molecule has 0 saturated carbocycles. The van der Waals surface area contributed by atoms with E-state index in [0.29, 0.717) is 19.6 Å². The van der Waals surface area contributed by atoms with Gasteiger partial charge in [0.15, 0.2) is 0 Å². The summed E-state index contributed by atoms with van der Waals surface area (Å²) in [5.74, 6) is -0.134. The topological polar surface area (TPSA) is 82.2 Å². The zero-order valence-electron chi connectivity index (χ0n) is 10.3. The van der Waals surface area contributed by atoms with Crippen molar-refractivity contribution < 1.29 is 9.53 Å². The van der Waals surface area contributed by atoms with Crippen molar-refractivity contribution in [2.24, 2.45) is 12.8 Å². The quantitative estimate of drug-likeness (QED) is 0.646. The summed E-state index contributed by atoms with van der Waals surface area (Å²) in [6.07, 6.45) is 5.00. The van der Waals surface area contributed by atoms with Crippen molar-refractivity contribution in [1.29, 1.82) is 0 Å². The van der Waals surface area contributed by atoms with Crippen molar-refractivity contribution in [1.82, 2.24) is 15.1 Å². The molecule has 17 heavy (non-hydrogen) atoms. The van der Waals surface area contributed by atoms with Crippen LogP contribution in [0.1, 0.15) is 18.4 Å². The Kier molecular flexibility index (Phi) is 5.65. The fourth-order valence-electron chi connectivity index (χ4n) is 1.46. The maximum atomic E-state index is 11.6. The SMILES string of the molecule is COCCCC(N)C(=O)NCc1cnn(C)c1. The highest BCUT2D eigenvalue weighted by molar-refractivity contribution is 5.81. The number of carbonyl (C=O) groups excluding carboxylic acids is 1. The molecule has 1 rings (SSSR count). The van der Waals surface area contributed by atoms with Crippen LogP contribution in [0.3, 0.4) is 0 Å². The van der Waals surface area contributed by atoms with Gasteiger partial charge in [0, 0.05) is 39.1 Å². The van der Waals surface area contributed by atoms with Crippen LogP contribution in [0.4, 0.5) is 0 Å². The van der Waals surface area contributed by atoms with E-state index in [2.05, 4.69) is 10.4 Å². The van der Waals surface area contributed by atoms with E-state index < -0.39 is 6.04 Å². The van der Waals surface area contributed by atoms with E-state index >= 15 is 0 Å². The number of methoxy groups -OCH3 is 1. The predicted molar refractivity (Wildman–Crippen MR) is 64.1 cm³/mol. The average Bonchev–Trinajstić information content (AvgIpc) is 2.72. The zero-order chi connectivity index (χ0) is 12.7. The van der Waals surface area contributed by atoms with Gasteiger partial charge >= 0.3 is 0 Å². The van der Waals surface area contributed by atoms with E-state index in [4.69, 9.17) is 10.5 Å². The minimum absolute atomic E-state index is 0.134. The third kappa shape index (κ3) is 4.97. The molecule has 1 heterocycles. The van der Waals surface area contributed by atoms with Gasteiger partial charge in [-0.05, 0) is 12.8 Å². The smallest absolute Gasteiger partial charge is 0.237 e. The maximum absolute atomic E-state index is 11.6. The van der Waals surface area contributed by atoms with E-state index in [0.717, 1.165) is 12.0 Å². The fraction of sp³-hybridized carbons (Fsp3) is 0.636. The number of nitrogens with one attached hydrogen (secondary N) is 1. The highest BCUT2D eigenvalue weighted by atomic mass is 16.5. The first-order chi connectivity index (χ1) is 8.13. The van der Waals surface area contributed by atoms with Crippen LogP contribution in [0.25, 0.3) is 0 Å². The molecule has 96 valence electrons. The van der Waals surface area contributed by atoms with Gasteiger partial charge in [0.25, 0.3) is 0 Å². The summed E-state index contributed by atoms with van der Waals surface area (Å²) in [7, 11) is 3.47. The molecule has 6 nitrogen and oxygen atoms in total. The molecule has 6 heteroatoms. The molecule has 1 amide bonds. The van der Waals surface area contributed by atoms with Gasteiger partial charge in [-0.15, -0.1) is 0 Å².